The fourth-order valence-electron chi connectivity index (χ4n) is 5.11. The lowest BCUT2D eigenvalue weighted by Crippen LogP contribution is -2.44. The monoisotopic (exact) mass is 482 g/mol. The SMILES string of the molecule is C=CCCCCN(C(=O)C1CC(O)CC1C(=O)NCC1(C(=O)OCC)CC1C=C)c1ccccc1. The molecule has 0 radical (unpaired) electrons. The zero-order chi connectivity index (χ0) is 25.4. The van der Waals surface area contributed by atoms with Crippen molar-refractivity contribution in [3.63, 3.8) is 0 Å². The number of benzene rings is 1. The van der Waals surface area contributed by atoms with Crippen LogP contribution < -0.4 is 10.2 Å². The molecular formula is C28H38N2O5. The summed E-state index contributed by atoms with van der Waals surface area (Å²) < 4.78 is 5.23. The average molecular weight is 483 g/mol. The zero-order valence-electron chi connectivity index (χ0n) is 20.7. The van der Waals surface area contributed by atoms with E-state index in [4.69, 9.17) is 4.74 Å². The molecule has 2 amide bonds. The maximum atomic E-state index is 13.7. The zero-order valence-corrected chi connectivity index (χ0v) is 20.7. The maximum Gasteiger partial charge on any atom is 0.314 e. The number of ether oxygens (including phenoxy) is 1. The van der Waals surface area contributed by atoms with E-state index in [-0.39, 0.29) is 49.7 Å². The van der Waals surface area contributed by atoms with Crippen LogP contribution in [0.15, 0.2) is 55.6 Å². The Morgan fingerprint density at radius 2 is 1.89 bits per heavy atom. The van der Waals surface area contributed by atoms with Gasteiger partial charge in [-0.3, -0.25) is 14.4 Å². The molecule has 5 unspecified atom stereocenters. The number of carbonyl (C=O) groups excluding carboxylic acids is 3. The van der Waals surface area contributed by atoms with Crippen molar-refractivity contribution >= 4 is 23.5 Å². The first-order chi connectivity index (χ1) is 16.9. The highest BCUT2D eigenvalue weighted by Crippen LogP contribution is 2.53. The summed E-state index contributed by atoms with van der Waals surface area (Å²) in [5, 5.41) is 13.3. The van der Waals surface area contributed by atoms with Crippen LogP contribution in [0.1, 0.15) is 45.4 Å². The van der Waals surface area contributed by atoms with Gasteiger partial charge in [0.15, 0.2) is 0 Å². The normalized spacial score (nSPS) is 27.0. The predicted octanol–water partition coefficient (Wildman–Crippen LogP) is 3.63. The van der Waals surface area contributed by atoms with Crippen molar-refractivity contribution in [3.8, 4) is 0 Å². The Hall–Kier alpha value is -2.93. The molecule has 1 aromatic rings. The number of amides is 2. The lowest BCUT2D eigenvalue weighted by molar-refractivity contribution is -0.150. The van der Waals surface area contributed by atoms with Gasteiger partial charge in [-0.1, -0.05) is 30.4 Å². The number of para-hydroxylation sites is 1. The molecule has 2 fully saturated rings. The Morgan fingerprint density at radius 1 is 1.17 bits per heavy atom. The van der Waals surface area contributed by atoms with Crippen LogP contribution in [-0.4, -0.2) is 48.7 Å². The van der Waals surface area contributed by atoms with Crippen molar-refractivity contribution in [1.29, 1.82) is 0 Å². The quantitative estimate of drug-likeness (QED) is 0.254. The average Bonchev–Trinajstić information content (AvgIpc) is 3.47. The van der Waals surface area contributed by atoms with Gasteiger partial charge in [-0.05, 0) is 63.5 Å². The number of unbranched alkanes of at least 4 members (excludes halogenated alkanes) is 2. The molecule has 0 heterocycles. The third kappa shape index (κ3) is 6.20. The summed E-state index contributed by atoms with van der Waals surface area (Å²) in [4.78, 5) is 41.2. The van der Waals surface area contributed by atoms with E-state index in [1.165, 1.54) is 0 Å². The Bertz CT molecular complexity index is 917. The number of carbonyl (C=O) groups is 3. The standard InChI is InChI=1S/C28H38N2O5/c1-4-7-8-12-15-30(21-13-10-9-11-14-21)26(33)24-17-22(31)16-23(24)25(32)29-19-28(18-20(28)5-2)27(34)35-6-3/h4-5,9-11,13-14,20,22-24,31H,1-2,6-8,12,15-19H2,3H3,(H,29,32). The van der Waals surface area contributed by atoms with Crippen molar-refractivity contribution in [2.75, 3.05) is 24.6 Å². The number of esters is 1. The summed E-state index contributed by atoms with van der Waals surface area (Å²) in [6.45, 7) is 10.2. The van der Waals surface area contributed by atoms with Crippen molar-refractivity contribution in [3.05, 3.63) is 55.6 Å². The fraction of sp³-hybridized carbons (Fsp3) is 0.536. The molecule has 0 aliphatic heterocycles. The highest BCUT2D eigenvalue weighted by Gasteiger charge is 2.60. The second-order valence-electron chi connectivity index (χ2n) is 9.59. The van der Waals surface area contributed by atoms with Gasteiger partial charge in [-0.25, -0.2) is 0 Å². The number of rotatable bonds is 13. The molecule has 2 aliphatic carbocycles. The van der Waals surface area contributed by atoms with Crippen LogP contribution in [-0.2, 0) is 19.1 Å². The number of nitrogens with zero attached hydrogens (tertiary/aromatic N) is 1. The number of anilines is 1. The van der Waals surface area contributed by atoms with E-state index in [0.29, 0.717) is 13.0 Å². The molecule has 7 heteroatoms. The summed E-state index contributed by atoms with van der Waals surface area (Å²) in [5.74, 6) is -2.12. The smallest absolute Gasteiger partial charge is 0.314 e. The summed E-state index contributed by atoms with van der Waals surface area (Å²) in [5.41, 5.74) is -0.00419. The minimum absolute atomic E-state index is 0.0439. The lowest BCUT2D eigenvalue weighted by Gasteiger charge is -2.28. The number of hydrogen-bond donors (Lipinski definition) is 2. The van der Waals surface area contributed by atoms with E-state index in [1.807, 2.05) is 36.4 Å². The van der Waals surface area contributed by atoms with E-state index in [1.54, 1.807) is 17.9 Å². The first-order valence-electron chi connectivity index (χ1n) is 12.6. The van der Waals surface area contributed by atoms with Crippen molar-refractivity contribution in [2.24, 2.45) is 23.2 Å². The van der Waals surface area contributed by atoms with Gasteiger partial charge in [0.2, 0.25) is 11.8 Å². The van der Waals surface area contributed by atoms with Gasteiger partial charge in [-0.15, -0.1) is 13.2 Å². The topological polar surface area (TPSA) is 95.9 Å². The molecule has 7 nitrogen and oxygen atoms in total. The third-order valence-corrected chi connectivity index (χ3v) is 7.24. The van der Waals surface area contributed by atoms with Crippen LogP contribution in [0.2, 0.25) is 0 Å². The second-order valence-corrected chi connectivity index (χ2v) is 9.59. The number of allylic oxidation sites excluding steroid dienone is 2. The van der Waals surface area contributed by atoms with Crippen LogP contribution in [0, 0.1) is 23.2 Å². The molecule has 2 N–H and O–H groups in total. The molecule has 0 saturated heterocycles. The predicted molar refractivity (Wildman–Crippen MR) is 135 cm³/mol. The van der Waals surface area contributed by atoms with Gasteiger partial charge in [-0.2, -0.15) is 0 Å². The number of nitrogens with one attached hydrogen (secondary N) is 1. The third-order valence-electron chi connectivity index (χ3n) is 7.24. The lowest BCUT2D eigenvalue weighted by atomic mass is 9.92. The molecule has 0 aromatic heterocycles. The minimum Gasteiger partial charge on any atom is -0.465 e. The van der Waals surface area contributed by atoms with Gasteiger partial charge >= 0.3 is 5.97 Å². The van der Waals surface area contributed by atoms with E-state index in [2.05, 4.69) is 18.5 Å². The van der Waals surface area contributed by atoms with Crippen LogP contribution >= 0.6 is 0 Å². The Balaban J connectivity index is 1.72. The van der Waals surface area contributed by atoms with Crippen molar-refractivity contribution < 1.29 is 24.2 Å². The molecule has 1 aromatic carbocycles. The van der Waals surface area contributed by atoms with Gasteiger partial charge in [0, 0.05) is 18.8 Å². The number of aliphatic hydroxyl groups excluding tert-OH is 1. The van der Waals surface area contributed by atoms with Gasteiger partial charge in [0.05, 0.1) is 30.0 Å². The molecule has 35 heavy (non-hydrogen) atoms. The summed E-state index contributed by atoms with van der Waals surface area (Å²) in [7, 11) is 0. The minimum atomic E-state index is -0.786. The second kappa shape index (κ2) is 12.2. The van der Waals surface area contributed by atoms with E-state index in [9.17, 15) is 19.5 Å². The van der Waals surface area contributed by atoms with E-state index >= 15 is 0 Å². The maximum absolute atomic E-state index is 13.7. The molecule has 0 spiro atoms. The molecule has 3 rings (SSSR count). The Morgan fingerprint density at radius 3 is 2.51 bits per heavy atom. The molecule has 5 atom stereocenters. The van der Waals surface area contributed by atoms with Crippen LogP contribution in [0.3, 0.4) is 0 Å². The first kappa shape index (κ1) is 26.7. The van der Waals surface area contributed by atoms with Crippen LogP contribution in [0.25, 0.3) is 0 Å². The highest BCUT2D eigenvalue weighted by atomic mass is 16.5. The number of hydrogen-bond acceptors (Lipinski definition) is 5. The number of aliphatic hydroxyl groups is 1. The van der Waals surface area contributed by atoms with Gasteiger partial charge in [0.1, 0.15) is 0 Å². The summed E-state index contributed by atoms with van der Waals surface area (Å²) >= 11 is 0. The van der Waals surface area contributed by atoms with Gasteiger partial charge < -0.3 is 20.1 Å². The summed E-state index contributed by atoms with van der Waals surface area (Å²) in [6.07, 6.45) is 6.50. The Kier molecular flexibility index (Phi) is 9.26. The summed E-state index contributed by atoms with van der Waals surface area (Å²) in [6, 6.07) is 9.43. The van der Waals surface area contributed by atoms with E-state index in [0.717, 1.165) is 24.9 Å². The van der Waals surface area contributed by atoms with Gasteiger partial charge in [0.25, 0.3) is 0 Å². The van der Waals surface area contributed by atoms with Crippen LogP contribution in [0.5, 0.6) is 0 Å². The molecule has 0 bridgehead atoms. The highest BCUT2D eigenvalue weighted by molar-refractivity contribution is 5.98. The molecule has 2 aliphatic rings. The molecular weight excluding hydrogens is 444 g/mol. The largest absolute Gasteiger partial charge is 0.465 e. The Labute approximate surface area is 208 Å². The first-order valence-corrected chi connectivity index (χ1v) is 12.6. The molecule has 190 valence electrons. The van der Waals surface area contributed by atoms with Crippen molar-refractivity contribution in [1.82, 2.24) is 5.32 Å². The molecule has 2 saturated carbocycles. The van der Waals surface area contributed by atoms with Crippen LogP contribution in [0.4, 0.5) is 5.69 Å². The van der Waals surface area contributed by atoms with E-state index < -0.39 is 23.4 Å². The van der Waals surface area contributed by atoms with Crippen molar-refractivity contribution in [2.45, 2.75) is 51.6 Å². The fourth-order valence-corrected chi connectivity index (χ4v) is 5.11.